The molecule has 0 heterocycles. The molecular formula is C43H39BrOP2Pd+2. The van der Waals surface area contributed by atoms with Crippen LogP contribution < -0.4 is 31.8 Å². The van der Waals surface area contributed by atoms with Crippen molar-refractivity contribution in [3.05, 3.63) is 218 Å². The molecule has 7 aromatic carbocycles. The number of benzene rings is 7. The Labute approximate surface area is 305 Å². The van der Waals surface area contributed by atoms with E-state index in [-0.39, 0.29) is 6.61 Å². The minimum atomic E-state index is -0.877. The van der Waals surface area contributed by atoms with Crippen LogP contribution in [0.25, 0.3) is 0 Å². The van der Waals surface area contributed by atoms with Gasteiger partial charge in [-0.2, -0.15) is 30.3 Å². The minimum Gasteiger partial charge on any atom is -0.0620 e. The Morgan fingerprint density at radius 3 is 0.771 bits per heavy atom. The minimum absolute atomic E-state index is 0.0842. The molecule has 5 heteroatoms. The number of aliphatic hydroxyl groups excluding tert-OH is 1. The molecule has 0 aliphatic carbocycles. The maximum Gasteiger partial charge on any atom is 0.102 e. The molecular weight excluding hydrogens is 781 g/mol. The summed E-state index contributed by atoms with van der Waals surface area (Å²) >= 11 is 5.35. The Morgan fingerprint density at radius 2 is 0.604 bits per heavy atom. The average molecular weight is 820 g/mol. The molecule has 1 nitrogen and oxygen atoms in total. The molecule has 7 aromatic rings. The number of halogens is 1. The van der Waals surface area contributed by atoms with Crippen molar-refractivity contribution in [1.29, 1.82) is 0 Å². The van der Waals surface area contributed by atoms with E-state index >= 15 is 0 Å². The summed E-state index contributed by atoms with van der Waals surface area (Å²) in [4.78, 5) is 0. The van der Waals surface area contributed by atoms with Gasteiger partial charge in [0.05, 0.1) is 15.8 Å². The van der Waals surface area contributed by atoms with E-state index < -0.39 is 15.8 Å². The second-order valence-corrected chi connectivity index (χ2v) is 15.5. The zero-order valence-electron chi connectivity index (χ0n) is 26.5. The molecule has 0 radical (unpaired) electrons. The Bertz CT molecular complexity index is 1490. The molecule has 0 atom stereocenters. The van der Waals surface area contributed by atoms with Crippen LogP contribution in [0, 0.1) is 6.07 Å². The molecule has 0 aliphatic rings. The van der Waals surface area contributed by atoms with Gasteiger partial charge in [-0.25, -0.2) is 0 Å². The van der Waals surface area contributed by atoms with Crippen molar-refractivity contribution in [3.63, 3.8) is 0 Å². The molecule has 0 spiro atoms. The number of hydrogen-bond donors (Lipinski definition) is 1. The maximum absolute atomic E-state index is 8.51. The second-order valence-electron chi connectivity index (χ2n) is 10.5. The molecule has 1 N–H and O–H groups in total. The molecule has 48 heavy (non-hydrogen) atoms. The molecule has 0 fully saturated rings. The summed E-state index contributed by atoms with van der Waals surface area (Å²) in [7, 11) is -1.75. The summed E-state index contributed by atoms with van der Waals surface area (Å²) in [6, 6.07) is 75.2. The number of rotatable bonds is 7. The SMILES string of the molecule is OCc1[c-]cccc1.[Br][Pd+].c1ccc([PH+](c2ccccc2)c2ccccc2)cc1.c1ccc([PH+](c2ccccc2)c2ccccc2)cc1. The van der Waals surface area contributed by atoms with Gasteiger partial charge < -0.3 is 5.11 Å². The van der Waals surface area contributed by atoms with Crippen LogP contribution in [-0.2, 0) is 23.8 Å². The fraction of sp³-hybridized carbons (Fsp3) is 0.0233. The fourth-order valence-electron chi connectivity index (χ4n) is 5.16. The normalized spacial score (nSPS) is 10.0. The molecule has 0 saturated heterocycles. The van der Waals surface area contributed by atoms with Crippen LogP contribution in [0.15, 0.2) is 206 Å². The summed E-state index contributed by atoms with van der Waals surface area (Å²) in [6.07, 6.45) is 0. The van der Waals surface area contributed by atoms with Crippen LogP contribution in [0.1, 0.15) is 5.56 Å². The van der Waals surface area contributed by atoms with Gasteiger partial charge in [0, 0.05) is 6.61 Å². The summed E-state index contributed by atoms with van der Waals surface area (Å²) in [5, 5.41) is 17.1. The van der Waals surface area contributed by atoms with Gasteiger partial charge in [-0.05, 0) is 72.8 Å². The number of hydrogen-bond acceptors (Lipinski definition) is 1. The molecule has 0 amide bonds. The van der Waals surface area contributed by atoms with Crippen LogP contribution in [0.2, 0.25) is 0 Å². The second kappa shape index (κ2) is 22.2. The van der Waals surface area contributed by atoms with Crippen molar-refractivity contribution in [2.45, 2.75) is 6.61 Å². The third-order valence-corrected chi connectivity index (χ3v) is 12.8. The summed E-state index contributed by atoms with van der Waals surface area (Å²) < 4.78 is 0. The van der Waals surface area contributed by atoms with E-state index in [0.717, 1.165) is 5.56 Å². The fourth-order valence-corrected chi connectivity index (χ4v) is 10.3. The van der Waals surface area contributed by atoms with E-state index in [1.54, 1.807) is 6.07 Å². The smallest absolute Gasteiger partial charge is 0.0620 e. The van der Waals surface area contributed by atoms with E-state index in [1.807, 2.05) is 18.2 Å². The van der Waals surface area contributed by atoms with Crippen LogP contribution >= 0.6 is 29.3 Å². The van der Waals surface area contributed by atoms with Gasteiger partial charge in [-0.3, -0.25) is 0 Å². The first-order chi connectivity index (χ1) is 23.8. The molecule has 0 bridgehead atoms. The molecule has 0 saturated carbocycles. The van der Waals surface area contributed by atoms with Gasteiger partial charge in [0.15, 0.2) is 0 Å². The van der Waals surface area contributed by atoms with Gasteiger partial charge in [-0.1, -0.05) is 109 Å². The Hall–Kier alpha value is -3.50. The topological polar surface area (TPSA) is 20.2 Å². The molecule has 242 valence electrons. The van der Waals surface area contributed by atoms with Crippen molar-refractivity contribution >= 4 is 61.1 Å². The van der Waals surface area contributed by atoms with Crippen LogP contribution in [0.5, 0.6) is 0 Å². The van der Waals surface area contributed by atoms with Gasteiger partial charge in [0.1, 0.15) is 31.8 Å². The monoisotopic (exact) mass is 818 g/mol. The van der Waals surface area contributed by atoms with Crippen molar-refractivity contribution < 1.29 is 22.3 Å². The van der Waals surface area contributed by atoms with Crippen molar-refractivity contribution in [1.82, 2.24) is 0 Å². The zero-order chi connectivity index (χ0) is 33.7. The maximum atomic E-state index is 8.51. The van der Waals surface area contributed by atoms with Gasteiger partial charge in [0.25, 0.3) is 0 Å². The summed E-state index contributed by atoms with van der Waals surface area (Å²) in [5.41, 5.74) is 0.840. The summed E-state index contributed by atoms with van der Waals surface area (Å²) in [6.45, 7) is 0.0842. The van der Waals surface area contributed by atoms with Crippen molar-refractivity contribution in [2.75, 3.05) is 0 Å². The molecule has 0 unspecified atom stereocenters. The average Bonchev–Trinajstić information content (AvgIpc) is 3.19. The summed E-state index contributed by atoms with van der Waals surface area (Å²) in [5.74, 6) is 0. The van der Waals surface area contributed by atoms with E-state index in [2.05, 4.69) is 219 Å². The third kappa shape index (κ3) is 11.9. The molecule has 0 aliphatic heterocycles. The first-order valence-corrected chi connectivity index (χ1v) is 22.1. The van der Waals surface area contributed by atoms with Gasteiger partial charge in [0.2, 0.25) is 0 Å². The van der Waals surface area contributed by atoms with Crippen LogP contribution in [0.3, 0.4) is 0 Å². The standard InChI is InChI=1S/2C18H15P.C7H7O.BrH.Pd/c2*1-4-10-16(11-5-1)19(17-12-6-2-7-13-17)18-14-8-3-9-15-18;8-6-7-4-2-1-3-5-7;;/h2*1-15H;1-4,8H,6H2;1H;/q;;-1;;+2/p+1. The van der Waals surface area contributed by atoms with E-state index in [9.17, 15) is 0 Å². The Kier molecular flexibility index (Phi) is 17.3. The molecule has 0 aromatic heterocycles. The van der Waals surface area contributed by atoms with Crippen LogP contribution in [0.4, 0.5) is 0 Å². The van der Waals surface area contributed by atoms with Gasteiger partial charge in [-0.15, -0.1) is 5.56 Å². The van der Waals surface area contributed by atoms with E-state index in [4.69, 9.17) is 5.11 Å². The predicted molar refractivity (Wildman–Crippen MR) is 213 cm³/mol. The quantitative estimate of drug-likeness (QED) is 0.0979. The largest absolute Gasteiger partial charge is 0.102 e. The van der Waals surface area contributed by atoms with E-state index in [0.29, 0.717) is 0 Å². The van der Waals surface area contributed by atoms with Crippen LogP contribution in [-0.4, -0.2) is 5.11 Å². The predicted octanol–water partition coefficient (Wildman–Crippen LogP) is 8.18. The first-order valence-electron chi connectivity index (χ1n) is 15.6. The number of aliphatic hydroxyl groups is 1. The zero-order valence-corrected chi connectivity index (χ0v) is 31.6. The van der Waals surface area contributed by atoms with E-state index in [1.165, 1.54) is 31.8 Å². The third-order valence-electron chi connectivity index (χ3n) is 7.32. The van der Waals surface area contributed by atoms with Crippen molar-refractivity contribution in [3.8, 4) is 0 Å². The van der Waals surface area contributed by atoms with Gasteiger partial charge >= 0.3 is 30.6 Å². The van der Waals surface area contributed by atoms with Crippen molar-refractivity contribution in [2.24, 2.45) is 0 Å². The molecule has 7 rings (SSSR count). The Balaban J connectivity index is 0.000000170. The first kappa shape index (κ1) is 37.3. The Morgan fingerprint density at radius 1 is 0.375 bits per heavy atom.